The largest absolute Gasteiger partial charge is 0.497 e. The highest BCUT2D eigenvalue weighted by Gasteiger charge is 2.59. The second-order valence-corrected chi connectivity index (χ2v) is 7.26. The molecular formula is C21H18FN3O3. The number of H-pyrrole nitrogens is 1. The summed E-state index contributed by atoms with van der Waals surface area (Å²) in [5.41, 5.74) is 1.88. The van der Waals surface area contributed by atoms with Gasteiger partial charge in [0.05, 0.1) is 18.5 Å². The molecule has 0 radical (unpaired) electrons. The van der Waals surface area contributed by atoms with Gasteiger partial charge in [-0.05, 0) is 61.4 Å². The quantitative estimate of drug-likeness (QED) is 0.693. The van der Waals surface area contributed by atoms with Crippen LogP contribution in [0, 0.1) is 5.82 Å². The lowest BCUT2D eigenvalue weighted by atomic mass is 9.87. The van der Waals surface area contributed by atoms with E-state index in [0.717, 1.165) is 32.8 Å². The monoisotopic (exact) mass is 379 g/mol. The van der Waals surface area contributed by atoms with Crippen LogP contribution in [0.3, 0.4) is 0 Å². The van der Waals surface area contributed by atoms with Crippen molar-refractivity contribution < 1.29 is 18.7 Å². The Hall–Kier alpha value is -3.35. The maximum atomic E-state index is 13.4. The summed E-state index contributed by atoms with van der Waals surface area (Å²) in [5.74, 6) is -0.0224. The number of hydrogen-bond acceptors (Lipinski definition) is 3. The molecule has 6 nitrogen and oxygen atoms in total. The lowest BCUT2D eigenvalue weighted by Crippen LogP contribution is -2.49. The normalized spacial score (nSPS) is 21.2. The number of nitrogens with zero attached hydrogens (tertiary/aromatic N) is 2. The maximum absolute atomic E-state index is 13.4. The number of carbonyl (C=O) groups is 2. The molecule has 2 aliphatic rings. The number of aromatic nitrogens is 1. The van der Waals surface area contributed by atoms with Crippen molar-refractivity contribution in [3.8, 4) is 5.75 Å². The van der Waals surface area contributed by atoms with Gasteiger partial charge in [0.15, 0.2) is 5.54 Å². The molecule has 28 heavy (non-hydrogen) atoms. The first kappa shape index (κ1) is 16.8. The van der Waals surface area contributed by atoms with Crippen molar-refractivity contribution >= 4 is 28.5 Å². The van der Waals surface area contributed by atoms with Crippen molar-refractivity contribution in [2.45, 2.75) is 18.9 Å². The number of benzene rings is 2. The molecule has 1 aromatic heterocycles. The first-order valence-corrected chi connectivity index (χ1v) is 9.06. The van der Waals surface area contributed by atoms with Gasteiger partial charge in [-0.15, -0.1) is 0 Å². The predicted octanol–water partition coefficient (Wildman–Crippen LogP) is 3.56. The van der Waals surface area contributed by atoms with Crippen molar-refractivity contribution in [3.05, 3.63) is 59.5 Å². The van der Waals surface area contributed by atoms with Crippen LogP contribution in [0.2, 0.25) is 0 Å². The fraction of sp³-hybridized carbons (Fsp3) is 0.238. The predicted molar refractivity (Wildman–Crippen MR) is 102 cm³/mol. The van der Waals surface area contributed by atoms with Crippen molar-refractivity contribution in [3.63, 3.8) is 0 Å². The van der Waals surface area contributed by atoms with Crippen LogP contribution in [0.1, 0.15) is 18.2 Å². The van der Waals surface area contributed by atoms with Crippen LogP contribution >= 0.6 is 0 Å². The molecule has 1 N–H and O–H groups in total. The molecule has 0 aliphatic carbocycles. The first-order chi connectivity index (χ1) is 13.4. The molecule has 0 spiro atoms. The van der Waals surface area contributed by atoms with Gasteiger partial charge in [-0.3, -0.25) is 4.79 Å². The summed E-state index contributed by atoms with van der Waals surface area (Å²) in [6.45, 7) is 2.19. The summed E-state index contributed by atoms with van der Waals surface area (Å²) in [7, 11) is 1.61. The Labute approximate surface area is 160 Å². The van der Waals surface area contributed by atoms with Gasteiger partial charge in [0, 0.05) is 17.4 Å². The highest BCUT2D eigenvalue weighted by molar-refractivity contribution is 6.23. The number of carbonyl (C=O) groups excluding carboxylic acids is 2. The Balaban J connectivity index is 1.67. The zero-order valence-electron chi connectivity index (χ0n) is 15.5. The molecule has 2 aromatic carbocycles. The van der Waals surface area contributed by atoms with Crippen molar-refractivity contribution in [2.75, 3.05) is 18.6 Å². The Morgan fingerprint density at radius 2 is 1.89 bits per heavy atom. The summed E-state index contributed by atoms with van der Waals surface area (Å²) in [6.07, 6.45) is 0.633. The highest BCUT2D eigenvalue weighted by Crippen LogP contribution is 2.45. The Morgan fingerprint density at radius 3 is 2.61 bits per heavy atom. The number of amides is 3. The van der Waals surface area contributed by atoms with Gasteiger partial charge in [0.2, 0.25) is 0 Å². The zero-order chi connectivity index (χ0) is 19.6. The molecule has 2 aliphatic heterocycles. The Kier molecular flexibility index (Phi) is 3.34. The molecule has 0 bridgehead atoms. The van der Waals surface area contributed by atoms with E-state index in [2.05, 4.69) is 4.98 Å². The summed E-state index contributed by atoms with van der Waals surface area (Å²) < 4.78 is 18.6. The zero-order valence-corrected chi connectivity index (χ0v) is 15.5. The van der Waals surface area contributed by atoms with Crippen LogP contribution in [-0.2, 0) is 16.8 Å². The Morgan fingerprint density at radius 1 is 1.14 bits per heavy atom. The minimum absolute atomic E-state index is 0.344. The topological polar surface area (TPSA) is 65.6 Å². The molecule has 1 saturated heterocycles. The van der Waals surface area contributed by atoms with Gasteiger partial charge in [0.25, 0.3) is 5.91 Å². The number of methoxy groups -OCH3 is 1. The van der Waals surface area contributed by atoms with Crippen LogP contribution in [0.4, 0.5) is 14.9 Å². The van der Waals surface area contributed by atoms with Gasteiger partial charge in [-0.1, -0.05) is 0 Å². The fourth-order valence-electron chi connectivity index (χ4n) is 4.36. The molecule has 5 rings (SSSR count). The standard InChI is InChI=1S/C21H18FN3O3/c1-21-18-15(16-11-14(28-2)7-8-17(16)23-18)9-10-24(21)20(27)25(19(21)26)13-5-3-12(22)4-6-13/h3-8,11,23H,9-10H2,1-2H3/t21-/m0/s1. The second-order valence-electron chi connectivity index (χ2n) is 7.26. The van der Waals surface area contributed by atoms with E-state index in [9.17, 15) is 14.0 Å². The number of ether oxygens (including phenoxy) is 1. The number of halogens is 1. The van der Waals surface area contributed by atoms with Gasteiger partial charge < -0.3 is 14.6 Å². The smallest absolute Gasteiger partial charge is 0.332 e. The summed E-state index contributed by atoms with van der Waals surface area (Å²) in [5, 5.41) is 0.996. The molecular weight excluding hydrogens is 361 g/mol. The first-order valence-electron chi connectivity index (χ1n) is 9.06. The lowest BCUT2D eigenvalue weighted by Gasteiger charge is -2.35. The number of fused-ring (bicyclic) bond motifs is 5. The summed E-state index contributed by atoms with van der Waals surface area (Å²) in [6, 6.07) is 10.7. The molecule has 1 fully saturated rings. The number of anilines is 1. The van der Waals surface area contributed by atoms with Gasteiger partial charge in [-0.25, -0.2) is 14.1 Å². The van der Waals surface area contributed by atoms with Crippen molar-refractivity contribution in [1.82, 2.24) is 9.88 Å². The van der Waals surface area contributed by atoms with Crippen LogP contribution in [0.5, 0.6) is 5.75 Å². The van der Waals surface area contributed by atoms with E-state index >= 15 is 0 Å². The van der Waals surface area contributed by atoms with Crippen molar-refractivity contribution in [2.24, 2.45) is 0 Å². The summed E-state index contributed by atoms with van der Waals surface area (Å²) >= 11 is 0. The molecule has 3 amide bonds. The third kappa shape index (κ3) is 2.01. The van der Waals surface area contributed by atoms with Crippen LogP contribution in [-0.4, -0.2) is 35.5 Å². The van der Waals surface area contributed by atoms with E-state index in [1.807, 2.05) is 18.2 Å². The number of imide groups is 1. The van der Waals surface area contributed by atoms with E-state index in [1.165, 1.54) is 24.3 Å². The van der Waals surface area contributed by atoms with Crippen molar-refractivity contribution in [1.29, 1.82) is 0 Å². The molecule has 3 heterocycles. The molecule has 0 saturated carbocycles. The third-order valence-corrected chi connectivity index (χ3v) is 5.85. The van der Waals surface area contributed by atoms with E-state index in [1.54, 1.807) is 18.9 Å². The number of aromatic amines is 1. The van der Waals surface area contributed by atoms with E-state index in [-0.39, 0.29) is 11.9 Å². The minimum Gasteiger partial charge on any atom is -0.497 e. The molecule has 7 heteroatoms. The lowest BCUT2D eigenvalue weighted by molar-refractivity contribution is -0.125. The van der Waals surface area contributed by atoms with E-state index in [0.29, 0.717) is 18.7 Å². The molecule has 142 valence electrons. The van der Waals surface area contributed by atoms with E-state index in [4.69, 9.17) is 4.74 Å². The second kappa shape index (κ2) is 5.58. The number of nitrogens with one attached hydrogen (secondary N) is 1. The Bertz CT molecular complexity index is 1140. The van der Waals surface area contributed by atoms with Crippen LogP contribution in [0.25, 0.3) is 10.9 Å². The number of rotatable bonds is 2. The average Bonchev–Trinajstić information content (AvgIpc) is 3.17. The molecule has 1 atom stereocenters. The van der Waals surface area contributed by atoms with E-state index < -0.39 is 11.4 Å². The van der Waals surface area contributed by atoms with Gasteiger partial charge in [0.1, 0.15) is 11.6 Å². The maximum Gasteiger partial charge on any atom is 0.332 e. The average molecular weight is 379 g/mol. The third-order valence-electron chi connectivity index (χ3n) is 5.85. The minimum atomic E-state index is -1.13. The summed E-state index contributed by atoms with van der Waals surface area (Å²) in [4.78, 5) is 32.6. The fourth-order valence-corrected chi connectivity index (χ4v) is 4.36. The molecule has 3 aromatic rings. The van der Waals surface area contributed by atoms with Crippen LogP contribution < -0.4 is 9.64 Å². The van der Waals surface area contributed by atoms with Gasteiger partial charge >= 0.3 is 6.03 Å². The SMILES string of the molecule is COc1ccc2[nH]c3c(c2c1)CCN1C(=O)N(c2ccc(F)cc2)C(=O)[C@]31C. The number of hydrogen-bond donors (Lipinski definition) is 1. The number of urea groups is 1. The van der Waals surface area contributed by atoms with Gasteiger partial charge in [-0.2, -0.15) is 0 Å². The molecule has 0 unspecified atom stereocenters. The highest BCUT2D eigenvalue weighted by atomic mass is 19.1. The van der Waals surface area contributed by atoms with Crippen LogP contribution in [0.15, 0.2) is 42.5 Å².